The van der Waals surface area contributed by atoms with Gasteiger partial charge in [0.2, 0.25) is 0 Å². The predicted molar refractivity (Wildman–Crippen MR) is 196 cm³/mol. The van der Waals surface area contributed by atoms with Crippen LogP contribution in [0.5, 0.6) is 0 Å². The second kappa shape index (κ2) is 9.60. The summed E-state index contributed by atoms with van der Waals surface area (Å²) >= 11 is 0. The Hall–Kier alpha value is -7.32. The largest absolute Gasteiger partial charge is 0.374 e. The van der Waals surface area contributed by atoms with Gasteiger partial charge in [0.05, 0.1) is 57.5 Å². The fraction of sp³-hybridized carbons (Fsp3) is 0. The lowest BCUT2D eigenvalue weighted by Gasteiger charge is -2.29. The molecule has 0 aliphatic carbocycles. The first-order valence-corrected chi connectivity index (χ1v) is 15.9. The molecule has 6 nitrogen and oxygen atoms in total. The third-order valence-corrected chi connectivity index (χ3v) is 10.2. The molecule has 2 aromatic heterocycles. The molecule has 10 rings (SSSR count). The number of benzene rings is 7. The number of rotatable bonds is 1. The minimum Gasteiger partial charge on any atom is -0.374 e. The van der Waals surface area contributed by atoms with E-state index in [9.17, 15) is 15.8 Å². The maximum Gasteiger partial charge on any atom is 0.332 e. The molecule has 9 aromatic rings. The summed E-state index contributed by atoms with van der Waals surface area (Å²) in [6, 6.07) is 45.7. The highest BCUT2D eigenvalue weighted by molar-refractivity contribution is 6.88. The van der Waals surface area contributed by atoms with Crippen molar-refractivity contribution in [3.8, 4) is 23.9 Å². The van der Waals surface area contributed by atoms with E-state index >= 15 is 0 Å². The fourth-order valence-electron chi connectivity index (χ4n) is 8.36. The summed E-state index contributed by atoms with van der Waals surface area (Å²) in [6.45, 7) is 7.35. The van der Waals surface area contributed by atoms with Crippen molar-refractivity contribution in [1.29, 1.82) is 15.8 Å². The fourth-order valence-corrected chi connectivity index (χ4v) is 8.36. The Morgan fingerprint density at radius 2 is 1.24 bits per heavy atom. The lowest BCUT2D eigenvalue weighted by atomic mass is 9.48. The summed E-state index contributed by atoms with van der Waals surface area (Å²) < 4.78 is 4.50. The van der Waals surface area contributed by atoms with E-state index in [0.29, 0.717) is 44.2 Å². The number of nitrogens with zero attached hydrogens (tertiary/aromatic N) is 6. The van der Waals surface area contributed by atoms with Crippen molar-refractivity contribution in [1.82, 2.24) is 9.05 Å². The lowest BCUT2D eigenvalue weighted by molar-refractivity contribution is 1.18. The molecule has 0 radical (unpaired) electrons. The first-order valence-electron chi connectivity index (χ1n) is 15.9. The second-order valence-electron chi connectivity index (χ2n) is 12.5. The lowest BCUT2D eigenvalue weighted by Crippen LogP contribution is -2.53. The number of nitriles is 3. The van der Waals surface area contributed by atoms with E-state index in [-0.39, 0.29) is 0 Å². The zero-order valence-electron chi connectivity index (χ0n) is 25.7. The zero-order valence-corrected chi connectivity index (χ0v) is 25.7. The predicted octanol–water partition coefficient (Wildman–Crippen LogP) is 8.33. The van der Waals surface area contributed by atoms with Gasteiger partial charge in [-0.05, 0) is 74.3 Å². The molecule has 1 aliphatic heterocycles. The smallest absolute Gasteiger partial charge is 0.332 e. The maximum absolute atomic E-state index is 10.6. The standard InChI is InChI=1S/C42H19BN6/c1-47-29-18-28(23-46)41-33(20-29)32-17-24(21-44)16-27(22-45)40(32)49(41)43-34-12-6-7-13-36(34)48-37-15-14-25-8-2-4-10-30(25)38(37)39-31-11-5-3-9-26(31)19-35(43)42(39)48/h2-20H. The summed E-state index contributed by atoms with van der Waals surface area (Å²) in [5, 5.41) is 39.4. The van der Waals surface area contributed by atoms with Gasteiger partial charge in [-0.25, -0.2) is 4.85 Å². The molecule has 3 heterocycles. The Balaban J connectivity index is 1.50. The molecule has 0 N–H and O–H groups in total. The number of hydrogen-bond donors (Lipinski definition) is 0. The number of para-hydroxylation sites is 1. The van der Waals surface area contributed by atoms with E-state index in [1.54, 1.807) is 24.3 Å². The molecule has 0 saturated heterocycles. The molecule has 0 spiro atoms. The van der Waals surface area contributed by atoms with Crippen LogP contribution in [0.15, 0.2) is 115 Å². The van der Waals surface area contributed by atoms with E-state index in [2.05, 4.69) is 117 Å². The molecule has 0 bridgehead atoms. The normalized spacial score (nSPS) is 12.0. The van der Waals surface area contributed by atoms with Gasteiger partial charge in [-0.2, -0.15) is 15.8 Å². The summed E-state index contributed by atoms with van der Waals surface area (Å²) in [6.07, 6.45) is 0. The quantitative estimate of drug-likeness (QED) is 0.137. The van der Waals surface area contributed by atoms with Crippen LogP contribution < -0.4 is 10.9 Å². The molecule has 0 atom stereocenters. The molecular weight excluding hydrogens is 599 g/mol. The summed E-state index contributed by atoms with van der Waals surface area (Å²) in [4.78, 5) is 3.68. The van der Waals surface area contributed by atoms with Crippen molar-refractivity contribution >= 4 is 88.6 Å². The van der Waals surface area contributed by atoms with Crippen molar-refractivity contribution in [2.45, 2.75) is 0 Å². The van der Waals surface area contributed by atoms with Crippen molar-refractivity contribution < 1.29 is 0 Å². The third-order valence-electron chi connectivity index (χ3n) is 10.2. The molecule has 220 valence electrons. The van der Waals surface area contributed by atoms with Crippen LogP contribution >= 0.6 is 0 Å². The summed E-state index contributed by atoms with van der Waals surface area (Å²) in [7, 11) is 0. The highest BCUT2D eigenvalue weighted by atomic mass is 15.0. The third kappa shape index (κ3) is 3.36. The van der Waals surface area contributed by atoms with E-state index in [0.717, 1.165) is 49.2 Å². The van der Waals surface area contributed by atoms with Gasteiger partial charge in [0.15, 0.2) is 5.69 Å². The molecule has 0 unspecified atom stereocenters. The van der Waals surface area contributed by atoms with Gasteiger partial charge in [-0.15, -0.1) is 0 Å². The molecule has 49 heavy (non-hydrogen) atoms. The van der Waals surface area contributed by atoms with Crippen molar-refractivity contribution in [3.63, 3.8) is 0 Å². The van der Waals surface area contributed by atoms with E-state index in [4.69, 9.17) is 6.57 Å². The molecule has 1 aliphatic rings. The van der Waals surface area contributed by atoms with Crippen LogP contribution in [0.25, 0.3) is 75.7 Å². The Kier molecular flexibility index (Phi) is 5.26. The highest BCUT2D eigenvalue weighted by Gasteiger charge is 2.38. The first kappa shape index (κ1) is 26.9. The molecule has 7 heteroatoms. The first-order chi connectivity index (χ1) is 24.1. The number of aromatic nitrogens is 2. The Morgan fingerprint density at radius 3 is 2.00 bits per heavy atom. The van der Waals surface area contributed by atoms with Crippen LogP contribution in [0, 0.1) is 40.6 Å². The van der Waals surface area contributed by atoms with Crippen molar-refractivity contribution in [2.24, 2.45) is 0 Å². The Morgan fingerprint density at radius 1 is 0.571 bits per heavy atom. The van der Waals surface area contributed by atoms with Gasteiger partial charge in [0.1, 0.15) is 6.07 Å². The van der Waals surface area contributed by atoms with Crippen LogP contribution in [-0.4, -0.2) is 15.9 Å². The average Bonchev–Trinajstić information content (AvgIpc) is 3.68. The van der Waals surface area contributed by atoms with Crippen molar-refractivity contribution in [3.05, 3.63) is 143 Å². The highest BCUT2D eigenvalue weighted by Crippen LogP contribution is 2.43. The van der Waals surface area contributed by atoms with Gasteiger partial charge in [-0.3, -0.25) is 0 Å². The van der Waals surface area contributed by atoms with Crippen LogP contribution in [0.3, 0.4) is 0 Å². The van der Waals surface area contributed by atoms with Crippen LogP contribution in [0.2, 0.25) is 0 Å². The molecule has 7 aromatic carbocycles. The molecule has 0 saturated carbocycles. The van der Waals surface area contributed by atoms with Crippen LogP contribution in [-0.2, 0) is 0 Å². The number of fused-ring (bicyclic) bond motifs is 12. The topological polar surface area (TPSA) is 85.6 Å². The second-order valence-corrected chi connectivity index (χ2v) is 12.5. The molecular formula is C42H19BN6. The van der Waals surface area contributed by atoms with Gasteiger partial charge in [0.25, 0.3) is 0 Å². The van der Waals surface area contributed by atoms with Crippen LogP contribution in [0.4, 0.5) is 5.69 Å². The number of hydrogen-bond acceptors (Lipinski definition) is 3. The Labute approximate surface area is 280 Å². The van der Waals surface area contributed by atoms with Gasteiger partial charge >= 0.3 is 6.85 Å². The maximum atomic E-state index is 10.6. The minimum atomic E-state index is -0.447. The zero-order chi connectivity index (χ0) is 33.0. The summed E-state index contributed by atoms with van der Waals surface area (Å²) in [5.74, 6) is 0. The Bertz CT molecular complexity index is 3080. The van der Waals surface area contributed by atoms with Gasteiger partial charge in [-0.1, -0.05) is 78.9 Å². The summed E-state index contributed by atoms with van der Waals surface area (Å²) in [5.41, 5.74) is 7.87. The SMILES string of the molecule is [C-]#[N+]c1cc(C#N)c2c(c1)c1cc(C#N)cc(C#N)c1n2B1c2ccccc2-n2c3ccc4ccccc4c3c3c4ccccc4cc1c32. The molecule has 0 fully saturated rings. The van der Waals surface area contributed by atoms with Crippen molar-refractivity contribution in [2.75, 3.05) is 0 Å². The van der Waals surface area contributed by atoms with E-state index in [1.165, 1.54) is 10.8 Å². The molecule has 0 amide bonds. The van der Waals surface area contributed by atoms with Gasteiger partial charge < -0.3 is 9.05 Å². The average molecular weight is 618 g/mol. The van der Waals surface area contributed by atoms with E-state index < -0.39 is 6.85 Å². The monoisotopic (exact) mass is 618 g/mol. The minimum absolute atomic E-state index is 0.327. The van der Waals surface area contributed by atoms with Crippen LogP contribution in [0.1, 0.15) is 16.7 Å². The van der Waals surface area contributed by atoms with E-state index in [1.807, 2.05) is 6.07 Å². The van der Waals surface area contributed by atoms with Gasteiger partial charge in [0, 0.05) is 21.8 Å².